The highest BCUT2D eigenvalue weighted by atomic mass is 32.2. The minimum absolute atomic E-state index is 0.251. The molecule has 0 atom stereocenters. The molecule has 0 saturated heterocycles. The Balaban J connectivity index is 2.28. The number of rotatable bonds is 3. The first-order valence-electron chi connectivity index (χ1n) is 5.75. The summed E-state index contributed by atoms with van der Waals surface area (Å²) in [5, 5.41) is 0. The van der Waals surface area contributed by atoms with E-state index in [4.69, 9.17) is 0 Å². The third kappa shape index (κ3) is 3.53. The summed E-state index contributed by atoms with van der Waals surface area (Å²) in [5.41, 5.74) is -1.25. The summed E-state index contributed by atoms with van der Waals surface area (Å²) >= 11 is 0. The molecule has 0 unspecified atom stereocenters. The quantitative estimate of drug-likeness (QED) is 0.867. The first-order valence-corrected chi connectivity index (χ1v) is 7.23. The molecule has 0 radical (unpaired) electrons. The molecule has 0 fully saturated rings. The molecule has 0 amide bonds. The van der Waals surface area contributed by atoms with Crippen molar-refractivity contribution in [3.8, 4) is 0 Å². The molecule has 1 N–H and O–H groups in total. The molecule has 9 heteroatoms. The Kier molecular flexibility index (Phi) is 4.10. The standard InChI is InChI=1S/C13H8F5NO2S/c14-11-6-3-9(7-12(11)15)19-22(20,21)10-4-1-8(2-5-10)13(16,17)18/h1-7,19H. The van der Waals surface area contributed by atoms with Crippen molar-refractivity contribution in [3.63, 3.8) is 0 Å². The first-order chi connectivity index (χ1) is 10.1. The van der Waals surface area contributed by atoms with Crippen molar-refractivity contribution in [1.82, 2.24) is 0 Å². The van der Waals surface area contributed by atoms with Crippen LogP contribution in [-0.2, 0) is 16.2 Å². The average molecular weight is 337 g/mol. The molecular formula is C13H8F5NO2S. The van der Waals surface area contributed by atoms with Gasteiger partial charge in [-0.3, -0.25) is 4.72 Å². The van der Waals surface area contributed by atoms with E-state index in [0.717, 1.165) is 24.3 Å². The molecule has 22 heavy (non-hydrogen) atoms. The Labute approximate surface area is 122 Å². The summed E-state index contributed by atoms with van der Waals surface area (Å²) in [4.78, 5) is -0.440. The van der Waals surface area contributed by atoms with Gasteiger partial charge < -0.3 is 0 Å². The molecule has 0 aliphatic rings. The fraction of sp³-hybridized carbons (Fsp3) is 0.0769. The van der Waals surface area contributed by atoms with Crippen LogP contribution in [0.15, 0.2) is 47.4 Å². The highest BCUT2D eigenvalue weighted by Gasteiger charge is 2.30. The molecule has 0 aliphatic carbocycles. The van der Waals surface area contributed by atoms with E-state index in [2.05, 4.69) is 0 Å². The van der Waals surface area contributed by atoms with Gasteiger partial charge in [0.2, 0.25) is 0 Å². The number of alkyl halides is 3. The summed E-state index contributed by atoms with van der Waals surface area (Å²) in [5.74, 6) is -2.41. The summed E-state index contributed by atoms with van der Waals surface area (Å²) in [6.45, 7) is 0. The lowest BCUT2D eigenvalue weighted by Crippen LogP contribution is -2.14. The third-order valence-electron chi connectivity index (χ3n) is 2.66. The number of benzene rings is 2. The highest BCUT2D eigenvalue weighted by Crippen LogP contribution is 2.30. The van der Waals surface area contributed by atoms with Gasteiger partial charge in [0, 0.05) is 6.07 Å². The lowest BCUT2D eigenvalue weighted by Gasteiger charge is -2.10. The van der Waals surface area contributed by atoms with Gasteiger partial charge in [-0.1, -0.05) is 0 Å². The Morgan fingerprint density at radius 3 is 1.95 bits per heavy atom. The maximum absolute atomic E-state index is 13.0. The van der Waals surface area contributed by atoms with Crippen LogP contribution < -0.4 is 4.72 Å². The highest BCUT2D eigenvalue weighted by molar-refractivity contribution is 7.92. The van der Waals surface area contributed by atoms with Gasteiger partial charge in [-0.15, -0.1) is 0 Å². The molecule has 0 saturated carbocycles. The van der Waals surface area contributed by atoms with Crippen molar-refractivity contribution in [2.24, 2.45) is 0 Å². The van der Waals surface area contributed by atoms with Crippen LogP contribution in [0, 0.1) is 11.6 Å². The zero-order valence-corrected chi connectivity index (χ0v) is 11.5. The van der Waals surface area contributed by atoms with E-state index < -0.39 is 38.3 Å². The van der Waals surface area contributed by atoms with E-state index in [0.29, 0.717) is 18.2 Å². The fourth-order valence-corrected chi connectivity index (χ4v) is 2.65. The van der Waals surface area contributed by atoms with Crippen LogP contribution >= 0.6 is 0 Å². The van der Waals surface area contributed by atoms with E-state index in [1.165, 1.54) is 0 Å². The van der Waals surface area contributed by atoms with Crippen LogP contribution in [0.25, 0.3) is 0 Å². The monoisotopic (exact) mass is 337 g/mol. The summed E-state index contributed by atoms with van der Waals surface area (Å²) < 4.78 is 88.8. The van der Waals surface area contributed by atoms with E-state index >= 15 is 0 Å². The van der Waals surface area contributed by atoms with E-state index in [1.54, 1.807) is 0 Å². The molecule has 2 rings (SSSR count). The van der Waals surface area contributed by atoms with Gasteiger partial charge in [-0.25, -0.2) is 17.2 Å². The zero-order valence-electron chi connectivity index (χ0n) is 10.7. The molecule has 0 heterocycles. The molecule has 0 aliphatic heterocycles. The smallest absolute Gasteiger partial charge is 0.280 e. The van der Waals surface area contributed by atoms with E-state index in [1.807, 2.05) is 4.72 Å². The van der Waals surface area contributed by atoms with Crippen molar-refractivity contribution in [1.29, 1.82) is 0 Å². The minimum Gasteiger partial charge on any atom is -0.280 e. The Hall–Kier alpha value is -2.16. The number of hydrogen-bond acceptors (Lipinski definition) is 2. The molecule has 3 nitrogen and oxygen atoms in total. The van der Waals surface area contributed by atoms with Crippen molar-refractivity contribution in [3.05, 3.63) is 59.7 Å². The molecule has 2 aromatic carbocycles. The van der Waals surface area contributed by atoms with Gasteiger partial charge in [-0.2, -0.15) is 13.2 Å². The molecule has 118 valence electrons. The van der Waals surface area contributed by atoms with Crippen molar-refractivity contribution in [2.75, 3.05) is 4.72 Å². The van der Waals surface area contributed by atoms with Crippen molar-refractivity contribution in [2.45, 2.75) is 11.1 Å². The van der Waals surface area contributed by atoms with Crippen molar-refractivity contribution < 1.29 is 30.4 Å². The van der Waals surface area contributed by atoms with E-state index in [-0.39, 0.29) is 5.69 Å². The fourth-order valence-electron chi connectivity index (χ4n) is 1.60. The number of hydrogen-bond donors (Lipinski definition) is 1. The average Bonchev–Trinajstić information content (AvgIpc) is 2.42. The van der Waals surface area contributed by atoms with Crippen LogP contribution in [-0.4, -0.2) is 8.42 Å². The maximum atomic E-state index is 13.0. The van der Waals surface area contributed by atoms with Gasteiger partial charge in [-0.05, 0) is 36.4 Å². The largest absolute Gasteiger partial charge is 0.416 e. The summed E-state index contributed by atoms with van der Waals surface area (Å²) in [6, 6.07) is 5.09. The summed E-state index contributed by atoms with van der Waals surface area (Å²) in [7, 11) is -4.21. The van der Waals surface area contributed by atoms with E-state index in [9.17, 15) is 30.4 Å². The first kappa shape index (κ1) is 16.2. The maximum Gasteiger partial charge on any atom is 0.416 e. The zero-order chi connectivity index (χ0) is 16.5. The van der Waals surface area contributed by atoms with Gasteiger partial charge in [0.25, 0.3) is 10.0 Å². The van der Waals surface area contributed by atoms with Crippen LogP contribution in [0.1, 0.15) is 5.56 Å². The number of sulfonamides is 1. The second-order valence-corrected chi connectivity index (χ2v) is 5.94. The van der Waals surface area contributed by atoms with Crippen LogP contribution in [0.3, 0.4) is 0 Å². The van der Waals surface area contributed by atoms with Gasteiger partial charge in [0.1, 0.15) is 0 Å². The normalized spacial score (nSPS) is 12.2. The Bertz CT molecular complexity index is 785. The second kappa shape index (κ2) is 5.56. The predicted octanol–water partition coefficient (Wildman–Crippen LogP) is 3.78. The molecule has 0 bridgehead atoms. The number of anilines is 1. The number of nitrogens with one attached hydrogen (secondary N) is 1. The van der Waals surface area contributed by atoms with Gasteiger partial charge in [0.15, 0.2) is 11.6 Å². The Morgan fingerprint density at radius 1 is 0.864 bits per heavy atom. The molecule has 0 spiro atoms. The predicted molar refractivity (Wildman–Crippen MR) is 68.6 cm³/mol. The van der Waals surface area contributed by atoms with Crippen molar-refractivity contribution >= 4 is 15.7 Å². The lowest BCUT2D eigenvalue weighted by atomic mass is 10.2. The molecular weight excluding hydrogens is 329 g/mol. The molecule has 2 aromatic rings. The lowest BCUT2D eigenvalue weighted by molar-refractivity contribution is -0.137. The second-order valence-electron chi connectivity index (χ2n) is 4.26. The van der Waals surface area contributed by atoms with Crippen LogP contribution in [0.2, 0.25) is 0 Å². The third-order valence-corrected chi connectivity index (χ3v) is 4.06. The van der Waals surface area contributed by atoms with Gasteiger partial charge >= 0.3 is 6.18 Å². The minimum atomic E-state index is -4.59. The van der Waals surface area contributed by atoms with Gasteiger partial charge in [0.05, 0.1) is 16.1 Å². The van der Waals surface area contributed by atoms with Crippen LogP contribution in [0.5, 0.6) is 0 Å². The number of halogens is 5. The Morgan fingerprint density at radius 2 is 1.45 bits per heavy atom. The summed E-state index contributed by atoms with van der Waals surface area (Å²) in [6.07, 6.45) is -4.59. The SMILES string of the molecule is O=S(=O)(Nc1ccc(F)c(F)c1)c1ccc(C(F)(F)F)cc1. The van der Waals surface area contributed by atoms with Crippen LogP contribution in [0.4, 0.5) is 27.6 Å². The topological polar surface area (TPSA) is 46.2 Å². The molecule has 0 aromatic heterocycles.